The van der Waals surface area contributed by atoms with Crippen molar-refractivity contribution in [2.45, 2.75) is 25.6 Å². The van der Waals surface area contributed by atoms with Crippen molar-refractivity contribution >= 4 is 11.8 Å². The van der Waals surface area contributed by atoms with Gasteiger partial charge in [0.2, 0.25) is 11.8 Å². The number of carbonyl (C=O) groups is 2. The number of tetrazole rings is 1. The molecule has 1 aromatic carbocycles. The van der Waals surface area contributed by atoms with Gasteiger partial charge in [0.1, 0.15) is 0 Å². The fourth-order valence-corrected chi connectivity index (χ4v) is 2.73. The van der Waals surface area contributed by atoms with E-state index < -0.39 is 17.7 Å². The van der Waals surface area contributed by atoms with E-state index in [0.717, 1.165) is 12.1 Å². The molecule has 0 radical (unpaired) electrons. The summed E-state index contributed by atoms with van der Waals surface area (Å²) in [4.78, 5) is 26.1. The van der Waals surface area contributed by atoms with Crippen LogP contribution < -0.4 is 10.6 Å². The molecular formula is C15H17F2N7O2. The average Bonchev–Trinajstić information content (AvgIpc) is 3.13. The Balaban J connectivity index is 1.62. The summed E-state index contributed by atoms with van der Waals surface area (Å²) in [5.41, 5.74) is 0.524. The monoisotopic (exact) mass is 365 g/mol. The summed E-state index contributed by atoms with van der Waals surface area (Å²) in [6.45, 7) is 1.23. The van der Waals surface area contributed by atoms with E-state index in [1.807, 2.05) is 0 Å². The number of H-pyrrole nitrogens is 1. The summed E-state index contributed by atoms with van der Waals surface area (Å²) in [7, 11) is 0. The third-order valence-corrected chi connectivity index (χ3v) is 4.02. The number of nitrogens with one attached hydrogen (secondary N) is 3. The lowest BCUT2D eigenvalue weighted by molar-refractivity contribution is -0.134. The second-order valence-electron chi connectivity index (χ2n) is 5.83. The number of hydrogen-bond donors (Lipinski definition) is 3. The molecule has 1 saturated heterocycles. The first-order chi connectivity index (χ1) is 12.5. The second-order valence-corrected chi connectivity index (χ2v) is 5.83. The highest BCUT2D eigenvalue weighted by Gasteiger charge is 2.31. The Morgan fingerprint density at radius 3 is 2.92 bits per heavy atom. The average molecular weight is 365 g/mol. The van der Waals surface area contributed by atoms with Crippen LogP contribution in [0.15, 0.2) is 18.2 Å². The number of aromatic amines is 1. The Labute approximate surface area is 147 Å². The Morgan fingerprint density at radius 1 is 1.35 bits per heavy atom. The van der Waals surface area contributed by atoms with Crippen molar-refractivity contribution in [2.24, 2.45) is 0 Å². The van der Waals surface area contributed by atoms with E-state index in [9.17, 15) is 18.4 Å². The number of amides is 2. The fourth-order valence-electron chi connectivity index (χ4n) is 2.73. The van der Waals surface area contributed by atoms with Crippen molar-refractivity contribution in [2.75, 3.05) is 13.1 Å². The van der Waals surface area contributed by atoms with E-state index >= 15 is 0 Å². The SMILES string of the molecule is O=C(C[C@@H]1C(=O)NCCN1Cc1ccc(F)c(F)c1)NCc1nn[nH]n1. The Kier molecular flexibility index (Phi) is 5.46. The smallest absolute Gasteiger partial charge is 0.237 e. The molecule has 2 aromatic rings. The molecule has 0 aliphatic carbocycles. The van der Waals surface area contributed by atoms with Crippen LogP contribution in [0.2, 0.25) is 0 Å². The lowest BCUT2D eigenvalue weighted by Gasteiger charge is -2.34. The molecule has 11 heteroatoms. The van der Waals surface area contributed by atoms with Gasteiger partial charge in [-0.1, -0.05) is 11.3 Å². The fraction of sp³-hybridized carbons (Fsp3) is 0.400. The molecule has 138 valence electrons. The van der Waals surface area contributed by atoms with Crippen LogP contribution in [0.25, 0.3) is 0 Å². The zero-order chi connectivity index (χ0) is 18.5. The predicted octanol–water partition coefficient (Wildman–Crippen LogP) is -0.515. The second kappa shape index (κ2) is 7.95. The maximum absolute atomic E-state index is 13.4. The minimum atomic E-state index is -0.946. The van der Waals surface area contributed by atoms with Gasteiger partial charge in [-0.05, 0) is 17.7 Å². The molecule has 0 spiro atoms. The van der Waals surface area contributed by atoms with Gasteiger partial charge in [-0.15, -0.1) is 10.2 Å². The van der Waals surface area contributed by atoms with Crippen molar-refractivity contribution in [1.82, 2.24) is 36.2 Å². The molecule has 1 aliphatic rings. The van der Waals surface area contributed by atoms with E-state index in [1.165, 1.54) is 6.07 Å². The summed E-state index contributed by atoms with van der Waals surface area (Å²) in [6.07, 6.45) is -0.0760. The minimum Gasteiger partial charge on any atom is -0.353 e. The number of piperazine rings is 1. The standard InChI is InChI=1S/C15H17F2N7O2/c16-10-2-1-9(5-11(10)17)8-24-4-3-18-15(26)12(24)6-14(25)19-7-13-20-22-23-21-13/h1-2,5,12H,3-4,6-8H2,(H,18,26)(H,19,25)(H,20,21,22,23)/t12-/m1/s1. The Morgan fingerprint density at radius 2 is 2.19 bits per heavy atom. The molecule has 2 heterocycles. The van der Waals surface area contributed by atoms with Crippen LogP contribution in [-0.2, 0) is 22.7 Å². The highest BCUT2D eigenvalue weighted by atomic mass is 19.2. The molecule has 2 amide bonds. The first kappa shape index (κ1) is 17.9. The van der Waals surface area contributed by atoms with Crippen LogP contribution in [0, 0.1) is 11.6 Å². The van der Waals surface area contributed by atoms with Gasteiger partial charge in [0.15, 0.2) is 17.5 Å². The molecule has 1 aromatic heterocycles. The third kappa shape index (κ3) is 4.36. The van der Waals surface area contributed by atoms with Crippen LogP contribution >= 0.6 is 0 Å². The van der Waals surface area contributed by atoms with Crippen LogP contribution in [0.3, 0.4) is 0 Å². The Bertz CT molecular complexity index is 784. The van der Waals surface area contributed by atoms with Crippen LogP contribution in [-0.4, -0.2) is 56.5 Å². The number of halogens is 2. The van der Waals surface area contributed by atoms with Gasteiger partial charge in [-0.2, -0.15) is 5.21 Å². The largest absolute Gasteiger partial charge is 0.353 e. The summed E-state index contributed by atoms with van der Waals surface area (Å²) in [5.74, 6) is -2.19. The molecular weight excluding hydrogens is 348 g/mol. The summed E-state index contributed by atoms with van der Waals surface area (Å²) < 4.78 is 26.5. The van der Waals surface area contributed by atoms with E-state index in [2.05, 4.69) is 31.3 Å². The topological polar surface area (TPSA) is 116 Å². The Hall–Kier alpha value is -2.95. The first-order valence-corrected chi connectivity index (χ1v) is 7.97. The molecule has 3 rings (SSSR count). The maximum Gasteiger partial charge on any atom is 0.237 e. The van der Waals surface area contributed by atoms with Gasteiger partial charge in [0.25, 0.3) is 0 Å². The quantitative estimate of drug-likeness (QED) is 0.635. The van der Waals surface area contributed by atoms with Gasteiger partial charge >= 0.3 is 0 Å². The van der Waals surface area contributed by atoms with E-state index in [0.29, 0.717) is 24.5 Å². The van der Waals surface area contributed by atoms with E-state index in [1.54, 1.807) is 4.90 Å². The lowest BCUT2D eigenvalue weighted by atomic mass is 10.1. The summed E-state index contributed by atoms with van der Waals surface area (Å²) >= 11 is 0. The van der Waals surface area contributed by atoms with Crippen molar-refractivity contribution < 1.29 is 18.4 Å². The number of hydrogen-bond acceptors (Lipinski definition) is 6. The molecule has 1 aliphatic heterocycles. The predicted molar refractivity (Wildman–Crippen MR) is 84.2 cm³/mol. The number of benzene rings is 1. The maximum atomic E-state index is 13.4. The van der Waals surface area contributed by atoms with E-state index in [-0.39, 0.29) is 31.3 Å². The van der Waals surface area contributed by atoms with Gasteiger partial charge < -0.3 is 10.6 Å². The van der Waals surface area contributed by atoms with Gasteiger partial charge in [-0.3, -0.25) is 14.5 Å². The highest BCUT2D eigenvalue weighted by Crippen LogP contribution is 2.16. The van der Waals surface area contributed by atoms with Crippen LogP contribution in [0.4, 0.5) is 8.78 Å². The molecule has 0 unspecified atom stereocenters. The summed E-state index contributed by atoms with van der Waals surface area (Å²) in [5, 5.41) is 18.4. The lowest BCUT2D eigenvalue weighted by Crippen LogP contribution is -2.56. The van der Waals surface area contributed by atoms with Crippen LogP contribution in [0.1, 0.15) is 17.8 Å². The molecule has 3 N–H and O–H groups in total. The normalized spacial score (nSPS) is 17.8. The molecule has 1 fully saturated rings. The van der Waals surface area contributed by atoms with Gasteiger partial charge in [0.05, 0.1) is 19.0 Å². The number of carbonyl (C=O) groups excluding carboxylic acids is 2. The summed E-state index contributed by atoms with van der Waals surface area (Å²) in [6, 6.07) is 2.89. The van der Waals surface area contributed by atoms with Crippen molar-refractivity contribution in [3.8, 4) is 0 Å². The van der Waals surface area contributed by atoms with Crippen LogP contribution in [0.5, 0.6) is 0 Å². The molecule has 9 nitrogen and oxygen atoms in total. The van der Waals surface area contributed by atoms with Crippen molar-refractivity contribution in [1.29, 1.82) is 0 Å². The first-order valence-electron chi connectivity index (χ1n) is 7.97. The molecule has 1 atom stereocenters. The highest BCUT2D eigenvalue weighted by molar-refractivity contribution is 5.88. The number of rotatable bonds is 6. The molecule has 0 bridgehead atoms. The molecule has 26 heavy (non-hydrogen) atoms. The number of nitrogens with zero attached hydrogens (tertiary/aromatic N) is 4. The zero-order valence-corrected chi connectivity index (χ0v) is 13.7. The zero-order valence-electron chi connectivity index (χ0n) is 13.7. The molecule has 0 saturated carbocycles. The van der Waals surface area contributed by atoms with Gasteiger partial charge in [0, 0.05) is 19.6 Å². The van der Waals surface area contributed by atoms with Gasteiger partial charge in [-0.25, -0.2) is 8.78 Å². The van der Waals surface area contributed by atoms with Crippen molar-refractivity contribution in [3.05, 3.63) is 41.2 Å². The third-order valence-electron chi connectivity index (χ3n) is 4.02. The minimum absolute atomic E-state index is 0.0760. The number of aromatic nitrogens is 4. The van der Waals surface area contributed by atoms with Crippen molar-refractivity contribution in [3.63, 3.8) is 0 Å². The van der Waals surface area contributed by atoms with E-state index in [4.69, 9.17) is 0 Å².